The van der Waals surface area contributed by atoms with E-state index in [9.17, 15) is 0 Å². The minimum Gasteiger partial charge on any atom is -0.652 e. The molecule has 0 unspecified atom stereocenters. The summed E-state index contributed by atoms with van der Waals surface area (Å²) in [6, 6.07) is 0. The summed E-state index contributed by atoms with van der Waals surface area (Å²) in [5.41, 5.74) is 0.951. The van der Waals surface area contributed by atoms with Crippen molar-refractivity contribution < 1.29 is 35.9 Å². The van der Waals surface area contributed by atoms with Gasteiger partial charge >= 0.3 is 35.9 Å². The van der Waals surface area contributed by atoms with Gasteiger partial charge in [-0.25, -0.2) is 0 Å². The van der Waals surface area contributed by atoms with E-state index in [-0.39, 0.29) is 58.1 Å². The fraction of sp³-hybridized carbons (Fsp3) is 1.00. The van der Waals surface area contributed by atoms with E-state index < -0.39 is 0 Å². The van der Waals surface area contributed by atoms with Crippen LogP contribution in [-0.4, -0.2) is 22.2 Å². The molecule has 0 atom stereocenters. The van der Waals surface area contributed by atoms with Gasteiger partial charge in [-0.15, -0.1) is 22.2 Å². The van der Waals surface area contributed by atoms with E-state index in [1.165, 1.54) is 38.5 Å². The summed E-state index contributed by atoms with van der Waals surface area (Å²) >= 11 is 0. The summed E-state index contributed by atoms with van der Waals surface area (Å²) in [6.45, 7) is 17.8. The van der Waals surface area contributed by atoms with E-state index in [4.69, 9.17) is 10.6 Å². The molecule has 4 heteroatoms. The van der Waals surface area contributed by atoms with Gasteiger partial charge < -0.3 is 10.6 Å². The molecule has 2 heterocycles. The van der Waals surface area contributed by atoms with Crippen LogP contribution in [0.15, 0.2) is 0 Å². The summed E-state index contributed by atoms with van der Waals surface area (Å²) in [5, 5.41) is 9.49. The van der Waals surface area contributed by atoms with Gasteiger partial charge in [0.1, 0.15) is 0 Å². The van der Waals surface area contributed by atoms with Crippen molar-refractivity contribution in [1.29, 1.82) is 0 Å². The SMILES string of the molecule is CC1(C)CCCC(C)(C)[N-]1.CC1(C)CCCC(C)(C)[N-]1.[Cu+].[Li+]. The quantitative estimate of drug-likeness (QED) is 0.600. The normalized spacial score (nSPS) is 27.3. The number of piperidine rings is 2. The van der Waals surface area contributed by atoms with Gasteiger partial charge in [0.15, 0.2) is 0 Å². The fourth-order valence-electron chi connectivity index (χ4n) is 3.77. The van der Waals surface area contributed by atoms with Crippen molar-refractivity contribution in [2.45, 2.75) is 116 Å². The second-order valence-electron chi connectivity index (χ2n) is 9.18. The Labute approximate surface area is 162 Å². The van der Waals surface area contributed by atoms with Crippen LogP contribution in [0.5, 0.6) is 0 Å². The second kappa shape index (κ2) is 8.94. The van der Waals surface area contributed by atoms with Crippen LogP contribution in [0.1, 0.15) is 93.9 Å². The Kier molecular flexibility index (Phi) is 10.3. The van der Waals surface area contributed by atoms with Crippen LogP contribution >= 0.6 is 0 Å². The third kappa shape index (κ3) is 10.0. The van der Waals surface area contributed by atoms with Gasteiger partial charge in [0.25, 0.3) is 0 Å². The smallest absolute Gasteiger partial charge is 0.652 e. The molecule has 130 valence electrons. The summed E-state index contributed by atoms with van der Waals surface area (Å²) in [5.74, 6) is 0. The average Bonchev–Trinajstić information content (AvgIpc) is 2.09. The summed E-state index contributed by atoms with van der Waals surface area (Å²) in [7, 11) is 0. The first-order chi connectivity index (χ1) is 8.83. The summed E-state index contributed by atoms with van der Waals surface area (Å²) in [6.07, 6.45) is 7.72. The first-order valence-corrected chi connectivity index (χ1v) is 8.31. The third-order valence-electron chi connectivity index (χ3n) is 4.36. The van der Waals surface area contributed by atoms with Gasteiger partial charge in [-0.3, -0.25) is 0 Å². The van der Waals surface area contributed by atoms with E-state index in [0.29, 0.717) is 0 Å². The zero-order valence-corrected chi connectivity index (χ0v) is 17.4. The van der Waals surface area contributed by atoms with Crippen LogP contribution in [0.2, 0.25) is 0 Å². The Morgan fingerprint density at radius 3 is 0.773 bits per heavy atom. The zero-order chi connectivity index (χ0) is 15.7. The third-order valence-corrected chi connectivity index (χ3v) is 4.36. The maximum Gasteiger partial charge on any atom is 1.00 e. The molecule has 2 aliphatic heterocycles. The molecule has 0 aliphatic carbocycles. The molecule has 2 rings (SSSR count). The molecule has 0 aromatic heterocycles. The molecule has 0 radical (unpaired) electrons. The Bertz CT molecular complexity index is 265. The maximum absolute atomic E-state index is 4.75. The van der Waals surface area contributed by atoms with Crippen LogP contribution in [0.25, 0.3) is 10.6 Å². The van der Waals surface area contributed by atoms with Gasteiger partial charge in [-0.1, -0.05) is 93.9 Å². The van der Waals surface area contributed by atoms with Gasteiger partial charge in [0.05, 0.1) is 0 Å². The van der Waals surface area contributed by atoms with E-state index >= 15 is 0 Å². The van der Waals surface area contributed by atoms with Crippen molar-refractivity contribution >= 4 is 0 Å². The molecular formula is C18H36CuLiN2. The molecule has 0 spiro atoms. The van der Waals surface area contributed by atoms with Crippen LogP contribution < -0.4 is 18.9 Å². The van der Waals surface area contributed by atoms with Crippen molar-refractivity contribution in [1.82, 2.24) is 0 Å². The molecule has 0 aromatic carbocycles. The van der Waals surface area contributed by atoms with Crippen molar-refractivity contribution in [3.05, 3.63) is 10.6 Å². The zero-order valence-electron chi connectivity index (χ0n) is 16.4. The van der Waals surface area contributed by atoms with E-state index in [2.05, 4.69) is 55.4 Å². The minimum atomic E-state index is 0. The van der Waals surface area contributed by atoms with E-state index in [1.54, 1.807) is 0 Å². The molecular weight excluding hydrogens is 315 g/mol. The molecule has 2 nitrogen and oxygen atoms in total. The van der Waals surface area contributed by atoms with Gasteiger partial charge in [-0.05, 0) is 0 Å². The largest absolute Gasteiger partial charge is 1.00 e. The molecule has 0 aromatic rings. The predicted molar refractivity (Wildman–Crippen MR) is 90.7 cm³/mol. The standard InChI is InChI=1S/2C9H18N.Cu.Li/c2*1-8(2)6-5-7-9(3,4)10-8;;/h2*5-7H2,1-4H3;;/q2*-1;2*+1. The Morgan fingerprint density at radius 1 is 0.500 bits per heavy atom. The van der Waals surface area contributed by atoms with E-state index in [0.717, 1.165) is 0 Å². The van der Waals surface area contributed by atoms with Crippen molar-refractivity contribution in [2.75, 3.05) is 0 Å². The molecule has 2 saturated heterocycles. The number of rotatable bonds is 0. The van der Waals surface area contributed by atoms with Gasteiger partial charge in [-0.2, -0.15) is 0 Å². The van der Waals surface area contributed by atoms with Crippen molar-refractivity contribution in [3.63, 3.8) is 0 Å². The maximum atomic E-state index is 4.75. The Hall–Kier alpha value is 1.04. The van der Waals surface area contributed by atoms with Crippen LogP contribution in [-0.2, 0) is 17.1 Å². The molecule has 0 amide bonds. The Morgan fingerprint density at radius 2 is 0.682 bits per heavy atom. The second-order valence-corrected chi connectivity index (χ2v) is 9.18. The van der Waals surface area contributed by atoms with Crippen LogP contribution in [0.3, 0.4) is 0 Å². The van der Waals surface area contributed by atoms with Crippen LogP contribution in [0.4, 0.5) is 0 Å². The molecule has 0 saturated carbocycles. The van der Waals surface area contributed by atoms with Crippen molar-refractivity contribution in [3.8, 4) is 0 Å². The molecule has 2 fully saturated rings. The summed E-state index contributed by atoms with van der Waals surface area (Å²) in [4.78, 5) is 0. The molecule has 0 bridgehead atoms. The Balaban J connectivity index is 0. The summed E-state index contributed by atoms with van der Waals surface area (Å²) < 4.78 is 0. The monoisotopic (exact) mass is 350 g/mol. The number of hydrogen-bond acceptors (Lipinski definition) is 0. The molecule has 0 N–H and O–H groups in total. The van der Waals surface area contributed by atoms with Crippen molar-refractivity contribution in [2.24, 2.45) is 0 Å². The van der Waals surface area contributed by atoms with Gasteiger partial charge in [0.2, 0.25) is 0 Å². The minimum absolute atomic E-state index is 0. The van der Waals surface area contributed by atoms with Crippen LogP contribution in [0, 0.1) is 0 Å². The molecule has 22 heavy (non-hydrogen) atoms. The first-order valence-electron chi connectivity index (χ1n) is 8.31. The predicted octanol–water partition coefficient (Wildman–Crippen LogP) is 3.20. The first kappa shape index (κ1) is 25.3. The van der Waals surface area contributed by atoms with E-state index in [1.807, 2.05) is 0 Å². The molecule has 2 aliphatic rings. The average molecular weight is 351 g/mol. The number of hydrogen-bond donors (Lipinski definition) is 0. The van der Waals surface area contributed by atoms with Gasteiger partial charge in [0, 0.05) is 0 Å². The topological polar surface area (TPSA) is 28.2 Å². The fourth-order valence-corrected chi connectivity index (χ4v) is 3.77. The number of nitrogens with zero attached hydrogens (tertiary/aromatic N) is 2.